The summed E-state index contributed by atoms with van der Waals surface area (Å²) in [7, 11) is 0. The first-order valence-electron chi connectivity index (χ1n) is 2.68. The van der Waals surface area contributed by atoms with E-state index >= 15 is 0 Å². The molecule has 1 nitrogen and oxygen atoms in total. The number of halogens is 1. The molecule has 0 saturated carbocycles. The molecule has 9 heavy (non-hydrogen) atoms. The molecule has 0 aromatic rings. The van der Waals surface area contributed by atoms with Crippen LogP contribution in [0.5, 0.6) is 0 Å². The molecule has 0 heterocycles. The summed E-state index contributed by atoms with van der Waals surface area (Å²) in [4.78, 5) is 0. The van der Waals surface area contributed by atoms with Crippen molar-refractivity contribution in [2.75, 3.05) is 13.2 Å². The molecule has 0 fully saturated rings. The van der Waals surface area contributed by atoms with E-state index in [0.29, 0.717) is 6.61 Å². The molecule has 0 N–H and O–H groups in total. The Hall–Kier alpha value is 1.31. The Morgan fingerprint density at radius 2 is 2.22 bits per heavy atom. The van der Waals surface area contributed by atoms with Gasteiger partial charge < -0.3 is 34.3 Å². The fraction of sp³-hybridized carbons (Fsp3) is 0.667. The van der Waals surface area contributed by atoms with Gasteiger partial charge in [-0.25, -0.2) is 3.92 Å². The zero-order chi connectivity index (χ0) is 6.41. The molecule has 0 rings (SSSR count). The summed E-state index contributed by atoms with van der Waals surface area (Å²) in [6.45, 7) is 7.01. The van der Waals surface area contributed by atoms with Crippen LogP contribution in [-0.2, 0) is 24.2 Å². The Morgan fingerprint density at radius 3 is 2.56 bits per heavy atom. The van der Waals surface area contributed by atoms with Gasteiger partial charge in [-0.05, 0) is 0 Å². The predicted molar refractivity (Wildman–Crippen MR) is 43.7 cm³/mol. The third-order valence-electron chi connectivity index (χ3n) is 0.787. The first kappa shape index (κ1) is 12.9. The van der Waals surface area contributed by atoms with Crippen LogP contribution in [-0.4, -0.2) is 13.2 Å². The average Bonchev–Trinajstić information content (AvgIpc) is 1.83. The molecular weight excluding hydrogens is 280 g/mol. The smallest absolute Gasteiger partial charge is 0.444 e. The minimum atomic E-state index is 0. The summed E-state index contributed by atoms with van der Waals surface area (Å²) >= 11 is 2.29. The SMILES string of the molecule is [CH2-]COC[C-](I)CC.[Zn+2]. The van der Waals surface area contributed by atoms with Gasteiger partial charge in [0.2, 0.25) is 0 Å². The van der Waals surface area contributed by atoms with Gasteiger partial charge in [0, 0.05) is 0 Å². The second-order valence-electron chi connectivity index (χ2n) is 1.42. The molecule has 0 aliphatic heterocycles. The molecule has 0 aromatic carbocycles. The van der Waals surface area contributed by atoms with E-state index in [2.05, 4.69) is 36.4 Å². The van der Waals surface area contributed by atoms with Crippen molar-refractivity contribution in [3.63, 3.8) is 0 Å². The van der Waals surface area contributed by atoms with Crippen LogP contribution in [0.25, 0.3) is 0 Å². The predicted octanol–water partition coefficient (Wildman–Crippen LogP) is 2.21. The standard InChI is InChI=1S/C6H11IO.Zn/c1-3-6(7)5-8-4-2;/h2-5H2,1H3;/q-2;+2. The van der Waals surface area contributed by atoms with Crippen molar-refractivity contribution in [2.24, 2.45) is 0 Å². The monoisotopic (exact) mass is 290 g/mol. The van der Waals surface area contributed by atoms with Gasteiger partial charge >= 0.3 is 19.5 Å². The van der Waals surface area contributed by atoms with E-state index in [1.54, 1.807) is 0 Å². The van der Waals surface area contributed by atoms with Gasteiger partial charge in [0.25, 0.3) is 0 Å². The van der Waals surface area contributed by atoms with Crippen molar-refractivity contribution in [2.45, 2.75) is 13.3 Å². The Labute approximate surface area is 83.8 Å². The van der Waals surface area contributed by atoms with Gasteiger partial charge in [0.1, 0.15) is 0 Å². The second kappa shape index (κ2) is 9.31. The average molecular weight is 291 g/mol. The van der Waals surface area contributed by atoms with Crippen molar-refractivity contribution >= 4 is 22.6 Å². The van der Waals surface area contributed by atoms with Crippen LogP contribution in [0.2, 0.25) is 0 Å². The molecule has 0 aromatic heterocycles. The van der Waals surface area contributed by atoms with Crippen LogP contribution in [0.4, 0.5) is 0 Å². The summed E-state index contributed by atoms with van der Waals surface area (Å²) in [5.74, 6) is 0. The number of hydrogen-bond acceptors (Lipinski definition) is 1. The molecule has 0 aliphatic rings. The largest absolute Gasteiger partial charge is 2.00 e. The Morgan fingerprint density at radius 1 is 1.67 bits per heavy atom. The quantitative estimate of drug-likeness (QED) is 0.438. The van der Waals surface area contributed by atoms with Crippen LogP contribution >= 0.6 is 22.6 Å². The van der Waals surface area contributed by atoms with Crippen LogP contribution in [0.15, 0.2) is 0 Å². The van der Waals surface area contributed by atoms with E-state index < -0.39 is 0 Å². The first-order chi connectivity index (χ1) is 3.81. The Bertz CT molecular complexity index is 52.3. The molecule has 0 unspecified atom stereocenters. The number of rotatable bonds is 4. The van der Waals surface area contributed by atoms with E-state index in [0.717, 1.165) is 13.0 Å². The minimum absolute atomic E-state index is 0. The summed E-state index contributed by atoms with van der Waals surface area (Å²) < 4.78 is 6.38. The second-order valence-corrected chi connectivity index (χ2v) is 2.95. The summed E-state index contributed by atoms with van der Waals surface area (Å²) in [5, 5.41) is 0. The molecular formula is C6H11IOZn. The topological polar surface area (TPSA) is 9.23 Å². The van der Waals surface area contributed by atoms with E-state index in [-0.39, 0.29) is 19.5 Å². The molecule has 0 radical (unpaired) electrons. The fourth-order valence-corrected chi connectivity index (χ4v) is 0.505. The Balaban J connectivity index is 0. The zero-order valence-corrected chi connectivity index (χ0v) is 10.9. The zero-order valence-electron chi connectivity index (χ0n) is 5.82. The maximum absolute atomic E-state index is 5.03. The van der Waals surface area contributed by atoms with Gasteiger partial charge in [-0.2, -0.15) is 6.42 Å². The van der Waals surface area contributed by atoms with Crippen molar-refractivity contribution in [3.05, 3.63) is 10.8 Å². The summed E-state index contributed by atoms with van der Waals surface area (Å²) in [5.41, 5.74) is 0. The maximum atomic E-state index is 5.03. The van der Waals surface area contributed by atoms with E-state index in [4.69, 9.17) is 4.74 Å². The number of ether oxygens (including phenoxy) is 1. The molecule has 0 atom stereocenters. The molecule has 0 amide bonds. The maximum Gasteiger partial charge on any atom is 2.00 e. The van der Waals surface area contributed by atoms with Gasteiger partial charge in [0.15, 0.2) is 0 Å². The molecule has 0 spiro atoms. The van der Waals surface area contributed by atoms with Crippen molar-refractivity contribution in [1.82, 2.24) is 0 Å². The molecule has 0 aliphatic carbocycles. The minimum Gasteiger partial charge on any atom is -0.444 e. The summed E-state index contributed by atoms with van der Waals surface area (Å²) in [6.07, 6.45) is 1.10. The van der Waals surface area contributed by atoms with Crippen LogP contribution in [0.3, 0.4) is 0 Å². The van der Waals surface area contributed by atoms with E-state index in [1.165, 1.54) is 3.92 Å². The van der Waals surface area contributed by atoms with Gasteiger partial charge in [-0.15, -0.1) is 0 Å². The first-order valence-corrected chi connectivity index (χ1v) is 3.76. The van der Waals surface area contributed by atoms with Gasteiger partial charge in [-0.1, -0.05) is 20.1 Å². The molecule has 0 bridgehead atoms. The van der Waals surface area contributed by atoms with E-state index in [9.17, 15) is 0 Å². The van der Waals surface area contributed by atoms with Gasteiger partial charge in [-0.3, -0.25) is 0 Å². The third kappa shape index (κ3) is 9.31. The fourth-order valence-electron chi connectivity index (χ4n) is 0.285. The summed E-state index contributed by atoms with van der Waals surface area (Å²) in [6, 6.07) is 0. The number of hydrogen-bond donors (Lipinski definition) is 0. The third-order valence-corrected chi connectivity index (χ3v) is 1.86. The van der Waals surface area contributed by atoms with Crippen molar-refractivity contribution < 1.29 is 24.2 Å². The van der Waals surface area contributed by atoms with Crippen LogP contribution in [0.1, 0.15) is 13.3 Å². The van der Waals surface area contributed by atoms with Crippen molar-refractivity contribution in [3.8, 4) is 0 Å². The van der Waals surface area contributed by atoms with Crippen LogP contribution < -0.4 is 0 Å². The van der Waals surface area contributed by atoms with E-state index in [1.807, 2.05) is 0 Å². The molecule has 3 heteroatoms. The van der Waals surface area contributed by atoms with Crippen LogP contribution in [0, 0.1) is 10.8 Å². The normalized spacial score (nSPS) is 9.33. The Kier molecular flexibility index (Phi) is 13.4. The van der Waals surface area contributed by atoms with Crippen molar-refractivity contribution in [1.29, 1.82) is 0 Å². The molecule has 0 saturated heterocycles. The van der Waals surface area contributed by atoms with Gasteiger partial charge in [0.05, 0.1) is 0 Å². The molecule has 50 valence electrons.